The van der Waals surface area contributed by atoms with E-state index < -0.39 is 35.4 Å². The van der Waals surface area contributed by atoms with Crippen LogP contribution in [0.15, 0.2) is 42.5 Å². The SMILES string of the molecule is O=C(O)C(c1cccc2ccccc12)C(O)(C(F)(F)F)C(F)(F)F. The summed E-state index contributed by atoms with van der Waals surface area (Å²) in [6.45, 7) is 0. The molecule has 24 heavy (non-hydrogen) atoms. The maximum absolute atomic E-state index is 13.1. The number of carboxylic acid groups (broad SMARTS) is 1. The van der Waals surface area contributed by atoms with E-state index in [1.165, 1.54) is 30.3 Å². The van der Waals surface area contributed by atoms with Crippen LogP contribution in [-0.4, -0.2) is 34.1 Å². The van der Waals surface area contributed by atoms with Gasteiger partial charge in [0, 0.05) is 0 Å². The molecule has 0 saturated heterocycles. The molecule has 0 aliphatic carbocycles. The lowest BCUT2D eigenvalue weighted by Crippen LogP contribution is -2.62. The molecule has 0 bridgehead atoms. The quantitative estimate of drug-likeness (QED) is 0.825. The molecule has 2 aromatic carbocycles. The number of hydrogen-bond acceptors (Lipinski definition) is 2. The van der Waals surface area contributed by atoms with Crippen LogP contribution in [0.25, 0.3) is 10.8 Å². The fourth-order valence-corrected chi connectivity index (χ4v) is 2.53. The van der Waals surface area contributed by atoms with Gasteiger partial charge in [0.2, 0.25) is 0 Å². The van der Waals surface area contributed by atoms with Crippen LogP contribution in [0.5, 0.6) is 0 Å². The minimum atomic E-state index is -6.24. The highest BCUT2D eigenvalue weighted by Crippen LogP contribution is 2.52. The van der Waals surface area contributed by atoms with Gasteiger partial charge in [0.05, 0.1) is 0 Å². The van der Waals surface area contributed by atoms with E-state index in [4.69, 9.17) is 5.11 Å². The lowest BCUT2D eigenvalue weighted by atomic mass is 9.79. The third-order valence-corrected chi connectivity index (χ3v) is 3.66. The Labute approximate surface area is 131 Å². The summed E-state index contributed by atoms with van der Waals surface area (Å²) < 4.78 is 78.4. The zero-order chi connectivity index (χ0) is 18.3. The number of aliphatic hydroxyl groups is 1. The van der Waals surface area contributed by atoms with Gasteiger partial charge in [-0.2, -0.15) is 26.3 Å². The topological polar surface area (TPSA) is 57.5 Å². The first-order valence-corrected chi connectivity index (χ1v) is 6.47. The van der Waals surface area contributed by atoms with E-state index in [1.807, 2.05) is 0 Å². The van der Waals surface area contributed by atoms with Crippen LogP contribution in [0.3, 0.4) is 0 Å². The van der Waals surface area contributed by atoms with E-state index in [0.717, 1.165) is 12.1 Å². The van der Waals surface area contributed by atoms with Crippen molar-refractivity contribution in [3.8, 4) is 0 Å². The molecule has 0 amide bonds. The Balaban J connectivity index is 2.84. The van der Waals surface area contributed by atoms with Gasteiger partial charge in [0.25, 0.3) is 5.60 Å². The second-order valence-corrected chi connectivity index (χ2v) is 5.10. The third kappa shape index (κ3) is 2.68. The lowest BCUT2D eigenvalue weighted by molar-refractivity contribution is -0.373. The smallest absolute Gasteiger partial charge is 0.427 e. The summed E-state index contributed by atoms with van der Waals surface area (Å²) >= 11 is 0. The van der Waals surface area contributed by atoms with Crippen molar-refractivity contribution in [1.82, 2.24) is 0 Å². The molecule has 0 aliphatic rings. The van der Waals surface area contributed by atoms with E-state index in [1.54, 1.807) is 0 Å². The van der Waals surface area contributed by atoms with Crippen molar-refractivity contribution < 1.29 is 41.4 Å². The van der Waals surface area contributed by atoms with Crippen LogP contribution in [0, 0.1) is 0 Å². The molecule has 0 fully saturated rings. The van der Waals surface area contributed by atoms with Crippen LogP contribution >= 0.6 is 0 Å². The number of rotatable bonds is 3. The van der Waals surface area contributed by atoms with Crippen LogP contribution in [0.4, 0.5) is 26.3 Å². The summed E-state index contributed by atoms with van der Waals surface area (Å²) in [7, 11) is 0. The Kier molecular flexibility index (Phi) is 4.26. The molecule has 2 aromatic rings. The number of carbonyl (C=O) groups is 1. The van der Waals surface area contributed by atoms with Crippen molar-refractivity contribution >= 4 is 16.7 Å². The molecule has 3 nitrogen and oxygen atoms in total. The van der Waals surface area contributed by atoms with E-state index in [2.05, 4.69) is 0 Å². The first-order chi connectivity index (χ1) is 10.9. The maximum Gasteiger partial charge on any atom is 0.427 e. The van der Waals surface area contributed by atoms with E-state index in [0.29, 0.717) is 0 Å². The summed E-state index contributed by atoms with van der Waals surface area (Å²) in [6.07, 6.45) is -12.5. The minimum Gasteiger partial charge on any atom is -0.481 e. The second-order valence-electron chi connectivity index (χ2n) is 5.10. The number of alkyl halides is 6. The van der Waals surface area contributed by atoms with Crippen LogP contribution in [-0.2, 0) is 4.79 Å². The number of fused-ring (bicyclic) bond motifs is 1. The van der Waals surface area contributed by atoms with E-state index in [-0.39, 0.29) is 10.8 Å². The Hall–Kier alpha value is -2.29. The van der Waals surface area contributed by atoms with Crippen molar-refractivity contribution in [2.24, 2.45) is 0 Å². The standard InChI is InChI=1S/C15H10F6O3/c16-14(17,18)13(24,15(19,20)21)11(12(22)23)10-7-3-5-8-4-1-2-6-9(8)10/h1-7,11,24H,(H,22,23). The number of benzene rings is 2. The van der Waals surface area contributed by atoms with Crippen molar-refractivity contribution in [2.45, 2.75) is 23.9 Å². The molecular weight excluding hydrogens is 342 g/mol. The summed E-state index contributed by atoms with van der Waals surface area (Å²) in [4.78, 5) is 11.3. The van der Waals surface area contributed by atoms with Gasteiger partial charge in [0.15, 0.2) is 0 Å². The summed E-state index contributed by atoms with van der Waals surface area (Å²) in [6, 6.07) is 8.76. The van der Waals surface area contributed by atoms with Crippen LogP contribution in [0.1, 0.15) is 11.5 Å². The highest BCUT2D eigenvalue weighted by Gasteiger charge is 2.76. The molecule has 9 heteroatoms. The monoisotopic (exact) mass is 352 g/mol. The van der Waals surface area contributed by atoms with Gasteiger partial charge in [-0.15, -0.1) is 0 Å². The molecule has 1 atom stereocenters. The van der Waals surface area contributed by atoms with Crippen molar-refractivity contribution in [3.05, 3.63) is 48.0 Å². The molecule has 0 spiro atoms. The minimum absolute atomic E-state index is 0.126. The fraction of sp³-hybridized carbons (Fsp3) is 0.267. The van der Waals surface area contributed by atoms with Gasteiger partial charge >= 0.3 is 18.3 Å². The molecule has 0 saturated carbocycles. The Morgan fingerprint density at radius 1 is 0.875 bits per heavy atom. The first-order valence-electron chi connectivity index (χ1n) is 6.47. The van der Waals surface area contributed by atoms with Crippen molar-refractivity contribution in [2.75, 3.05) is 0 Å². The largest absolute Gasteiger partial charge is 0.481 e. The molecule has 0 radical (unpaired) electrons. The molecule has 1 unspecified atom stereocenters. The van der Waals surface area contributed by atoms with Crippen molar-refractivity contribution in [1.29, 1.82) is 0 Å². The predicted molar refractivity (Wildman–Crippen MR) is 71.4 cm³/mol. The van der Waals surface area contributed by atoms with Gasteiger partial charge in [0.1, 0.15) is 5.92 Å². The zero-order valence-electron chi connectivity index (χ0n) is 11.7. The average Bonchev–Trinajstić information content (AvgIpc) is 2.45. The van der Waals surface area contributed by atoms with E-state index in [9.17, 15) is 36.2 Å². The number of halogens is 6. The molecular formula is C15H10F6O3. The van der Waals surface area contributed by atoms with Gasteiger partial charge in [-0.3, -0.25) is 4.79 Å². The molecule has 0 aliphatic heterocycles. The molecule has 0 aromatic heterocycles. The number of aliphatic carboxylic acids is 1. The van der Waals surface area contributed by atoms with Crippen LogP contribution < -0.4 is 0 Å². The summed E-state index contributed by atoms with van der Waals surface area (Å²) in [5.41, 5.74) is -6.21. The maximum atomic E-state index is 13.1. The summed E-state index contributed by atoms with van der Waals surface area (Å²) in [5, 5.41) is 18.7. The Bertz CT molecular complexity index is 746. The van der Waals surface area contributed by atoms with Gasteiger partial charge in [-0.25, -0.2) is 0 Å². The van der Waals surface area contributed by atoms with Gasteiger partial charge < -0.3 is 10.2 Å². The zero-order valence-corrected chi connectivity index (χ0v) is 11.7. The first kappa shape index (κ1) is 18.1. The molecule has 0 heterocycles. The second kappa shape index (κ2) is 5.66. The lowest BCUT2D eigenvalue weighted by Gasteiger charge is -2.37. The molecule has 130 valence electrons. The number of hydrogen-bond donors (Lipinski definition) is 2. The van der Waals surface area contributed by atoms with Crippen LogP contribution in [0.2, 0.25) is 0 Å². The molecule has 2 N–H and O–H groups in total. The molecule has 2 rings (SSSR count). The van der Waals surface area contributed by atoms with E-state index >= 15 is 0 Å². The van der Waals surface area contributed by atoms with Gasteiger partial charge in [-0.05, 0) is 16.3 Å². The predicted octanol–water partition coefficient (Wildman–Crippen LogP) is 3.86. The fourth-order valence-electron chi connectivity index (χ4n) is 2.53. The average molecular weight is 352 g/mol. The Morgan fingerprint density at radius 2 is 1.38 bits per heavy atom. The van der Waals surface area contributed by atoms with Crippen molar-refractivity contribution in [3.63, 3.8) is 0 Å². The normalized spacial score (nSPS) is 14.6. The third-order valence-electron chi connectivity index (χ3n) is 3.66. The van der Waals surface area contributed by atoms with Gasteiger partial charge in [-0.1, -0.05) is 42.5 Å². The Morgan fingerprint density at radius 3 is 1.88 bits per heavy atom. The highest BCUT2D eigenvalue weighted by molar-refractivity contribution is 5.91. The number of carboxylic acids is 1. The summed E-state index contributed by atoms with van der Waals surface area (Å²) in [5.74, 6) is -5.72. The highest BCUT2D eigenvalue weighted by atomic mass is 19.4.